The molecule has 3 N–H and O–H groups in total. The third kappa shape index (κ3) is 3.02. The summed E-state index contributed by atoms with van der Waals surface area (Å²) < 4.78 is 37.2. The van der Waals surface area contributed by atoms with Crippen molar-refractivity contribution >= 4 is 11.9 Å². The molecule has 0 amide bonds. The Morgan fingerprint density at radius 1 is 1.28 bits per heavy atom. The van der Waals surface area contributed by atoms with Gasteiger partial charge in [-0.2, -0.15) is 37.9 Å². The van der Waals surface area contributed by atoms with Crippen molar-refractivity contribution in [3.63, 3.8) is 0 Å². The van der Waals surface area contributed by atoms with Crippen LogP contribution in [0.2, 0.25) is 0 Å². The van der Waals surface area contributed by atoms with Gasteiger partial charge in [0.25, 0.3) is 5.95 Å². The molecule has 0 aliphatic heterocycles. The Hall–Kier alpha value is -2.46. The van der Waals surface area contributed by atoms with Crippen LogP contribution in [0.15, 0.2) is 12.7 Å². The smallest absolute Gasteiger partial charge is 0.368 e. The Morgan fingerprint density at radius 2 is 2.06 bits per heavy atom. The summed E-state index contributed by atoms with van der Waals surface area (Å²) in [5.74, 6) is -0.532. The van der Waals surface area contributed by atoms with E-state index in [0.717, 1.165) is 4.68 Å². The van der Waals surface area contributed by atoms with E-state index in [-0.39, 0.29) is 17.8 Å². The molecule has 2 aromatic heterocycles. The average Bonchev–Trinajstić information content (AvgIpc) is 2.78. The van der Waals surface area contributed by atoms with Crippen molar-refractivity contribution in [1.82, 2.24) is 29.7 Å². The second-order valence-corrected chi connectivity index (χ2v) is 3.13. The van der Waals surface area contributed by atoms with Crippen molar-refractivity contribution in [1.29, 1.82) is 0 Å². The molecule has 0 fully saturated rings. The fourth-order valence-electron chi connectivity index (χ4n) is 1.05. The minimum absolute atomic E-state index is 0.0234. The van der Waals surface area contributed by atoms with Gasteiger partial charge in [-0.05, 0) is 0 Å². The van der Waals surface area contributed by atoms with Gasteiger partial charge in [-0.3, -0.25) is 0 Å². The Kier molecular flexibility index (Phi) is 2.95. The molecule has 0 aromatic carbocycles. The number of halogens is 3. The van der Waals surface area contributed by atoms with E-state index in [1.807, 2.05) is 5.32 Å². The molecule has 2 aromatic rings. The third-order valence-electron chi connectivity index (χ3n) is 1.71. The number of nitrogen functional groups attached to an aromatic ring is 1. The molecule has 0 saturated heterocycles. The van der Waals surface area contributed by atoms with Crippen LogP contribution in [-0.2, 0) is 0 Å². The van der Waals surface area contributed by atoms with E-state index in [1.54, 1.807) is 0 Å². The maximum absolute atomic E-state index is 12.0. The van der Waals surface area contributed by atoms with Crippen molar-refractivity contribution in [3.8, 4) is 5.95 Å². The van der Waals surface area contributed by atoms with Gasteiger partial charge in [-0.25, -0.2) is 4.98 Å². The number of hydrogen-bond donors (Lipinski definition) is 2. The van der Waals surface area contributed by atoms with Crippen molar-refractivity contribution in [2.75, 3.05) is 17.6 Å². The van der Waals surface area contributed by atoms with E-state index in [9.17, 15) is 13.2 Å². The van der Waals surface area contributed by atoms with Crippen LogP contribution >= 0.6 is 0 Å². The Bertz CT molecular complexity index is 522. The van der Waals surface area contributed by atoms with Crippen LogP contribution in [0.4, 0.5) is 25.1 Å². The molecule has 0 radical (unpaired) electrons. The van der Waals surface area contributed by atoms with E-state index >= 15 is 0 Å². The standard InChI is InChI=1S/C7H7F3N8/c8-7(9,10)1-13-5-15-4(11)16-6(17-5)18-3-12-2-14-18/h2-3H,1H2,(H3,11,13,15,16,17). The van der Waals surface area contributed by atoms with Crippen molar-refractivity contribution in [2.24, 2.45) is 0 Å². The molecule has 8 nitrogen and oxygen atoms in total. The summed E-state index contributed by atoms with van der Waals surface area (Å²) in [5, 5.41) is 5.72. The highest BCUT2D eigenvalue weighted by Gasteiger charge is 2.27. The molecular formula is C7H7F3N8. The second kappa shape index (κ2) is 4.43. The topological polar surface area (TPSA) is 107 Å². The van der Waals surface area contributed by atoms with Crippen LogP contribution < -0.4 is 11.1 Å². The molecule has 0 bridgehead atoms. The molecule has 0 atom stereocenters. The fourth-order valence-corrected chi connectivity index (χ4v) is 1.05. The summed E-state index contributed by atoms with van der Waals surface area (Å²) in [6, 6.07) is 0. The number of nitrogens with two attached hydrogens (primary N) is 1. The van der Waals surface area contributed by atoms with E-state index in [2.05, 4.69) is 25.0 Å². The molecule has 0 unspecified atom stereocenters. The van der Waals surface area contributed by atoms with E-state index < -0.39 is 12.7 Å². The molecule has 0 spiro atoms. The molecule has 11 heteroatoms. The lowest BCUT2D eigenvalue weighted by Gasteiger charge is -2.09. The van der Waals surface area contributed by atoms with Crippen LogP contribution in [-0.4, -0.2) is 42.4 Å². The average molecular weight is 260 g/mol. The van der Waals surface area contributed by atoms with Gasteiger partial charge in [0.1, 0.15) is 19.2 Å². The maximum Gasteiger partial charge on any atom is 0.405 e. The number of hydrogen-bond acceptors (Lipinski definition) is 7. The van der Waals surface area contributed by atoms with Gasteiger partial charge in [0.15, 0.2) is 0 Å². The predicted octanol–water partition coefficient (Wildman–Crippen LogP) is 0.00870. The van der Waals surface area contributed by atoms with Gasteiger partial charge >= 0.3 is 6.18 Å². The van der Waals surface area contributed by atoms with Crippen molar-refractivity contribution in [3.05, 3.63) is 12.7 Å². The third-order valence-corrected chi connectivity index (χ3v) is 1.71. The SMILES string of the molecule is Nc1nc(NCC(F)(F)F)nc(-n2cncn2)n1. The van der Waals surface area contributed by atoms with Crippen LogP contribution in [0, 0.1) is 0 Å². The Balaban J connectivity index is 2.22. The monoisotopic (exact) mass is 260 g/mol. The second-order valence-electron chi connectivity index (χ2n) is 3.13. The summed E-state index contributed by atoms with van der Waals surface area (Å²) >= 11 is 0. The zero-order valence-corrected chi connectivity index (χ0v) is 8.76. The fraction of sp³-hybridized carbons (Fsp3) is 0.286. The molecule has 0 saturated carbocycles. The van der Waals surface area contributed by atoms with Gasteiger partial charge < -0.3 is 11.1 Å². The summed E-state index contributed by atoms with van der Waals surface area (Å²) in [4.78, 5) is 14.6. The first kappa shape index (κ1) is 12.0. The summed E-state index contributed by atoms with van der Waals surface area (Å²) in [6.45, 7) is -1.27. The summed E-state index contributed by atoms with van der Waals surface area (Å²) in [5.41, 5.74) is 5.36. The van der Waals surface area contributed by atoms with Crippen LogP contribution in [0.25, 0.3) is 5.95 Å². The molecule has 0 aliphatic rings. The molecule has 0 aliphatic carbocycles. The highest BCUT2D eigenvalue weighted by molar-refractivity contribution is 5.34. The largest absolute Gasteiger partial charge is 0.405 e. The first-order valence-corrected chi connectivity index (χ1v) is 4.61. The van der Waals surface area contributed by atoms with Crippen LogP contribution in [0.5, 0.6) is 0 Å². The predicted molar refractivity (Wildman–Crippen MR) is 53.7 cm³/mol. The number of alkyl halides is 3. The lowest BCUT2D eigenvalue weighted by Crippen LogP contribution is -2.23. The number of aromatic nitrogens is 6. The minimum atomic E-state index is -4.38. The first-order chi connectivity index (χ1) is 8.44. The lowest BCUT2D eigenvalue weighted by molar-refractivity contribution is -0.115. The zero-order valence-electron chi connectivity index (χ0n) is 8.76. The van der Waals surface area contributed by atoms with E-state index in [4.69, 9.17) is 5.73 Å². The van der Waals surface area contributed by atoms with Crippen LogP contribution in [0.3, 0.4) is 0 Å². The highest BCUT2D eigenvalue weighted by Crippen LogP contribution is 2.15. The Labute approximate surface area is 98.1 Å². The molecule has 96 valence electrons. The summed E-state index contributed by atoms with van der Waals surface area (Å²) in [7, 11) is 0. The molecule has 18 heavy (non-hydrogen) atoms. The van der Waals surface area contributed by atoms with Crippen molar-refractivity contribution in [2.45, 2.75) is 6.18 Å². The van der Waals surface area contributed by atoms with Gasteiger partial charge in [-0.1, -0.05) is 0 Å². The number of anilines is 2. The maximum atomic E-state index is 12.0. The van der Waals surface area contributed by atoms with Crippen molar-refractivity contribution < 1.29 is 13.2 Å². The van der Waals surface area contributed by atoms with Gasteiger partial charge in [0.2, 0.25) is 11.9 Å². The van der Waals surface area contributed by atoms with E-state index in [0.29, 0.717) is 0 Å². The molecular weight excluding hydrogens is 253 g/mol. The normalized spacial score (nSPS) is 11.5. The first-order valence-electron chi connectivity index (χ1n) is 4.61. The number of nitrogens with one attached hydrogen (secondary N) is 1. The van der Waals surface area contributed by atoms with Crippen LogP contribution in [0.1, 0.15) is 0 Å². The number of rotatable bonds is 3. The van der Waals surface area contributed by atoms with E-state index in [1.165, 1.54) is 12.7 Å². The summed E-state index contributed by atoms with van der Waals surface area (Å²) in [6.07, 6.45) is -1.88. The molecule has 2 rings (SSSR count). The number of nitrogens with zero attached hydrogens (tertiary/aromatic N) is 6. The highest BCUT2D eigenvalue weighted by atomic mass is 19.4. The Morgan fingerprint density at radius 3 is 2.67 bits per heavy atom. The van der Waals surface area contributed by atoms with Gasteiger partial charge in [0.05, 0.1) is 0 Å². The van der Waals surface area contributed by atoms with Gasteiger partial charge in [-0.15, -0.1) is 0 Å². The van der Waals surface area contributed by atoms with Gasteiger partial charge in [0, 0.05) is 0 Å². The molecule has 2 heterocycles. The lowest BCUT2D eigenvalue weighted by atomic mass is 10.6. The zero-order chi connectivity index (χ0) is 13.2. The minimum Gasteiger partial charge on any atom is -0.368 e. The quantitative estimate of drug-likeness (QED) is 0.800.